The lowest BCUT2D eigenvalue weighted by molar-refractivity contribution is -0.116. The van der Waals surface area contributed by atoms with Gasteiger partial charge in [-0.1, -0.05) is 12.8 Å². The maximum atomic E-state index is 5.87. The molecule has 1 heterocycles. The largest absolute Gasteiger partial charge is 0.375 e. The first kappa shape index (κ1) is 10.4. The zero-order chi connectivity index (χ0) is 10.2. The van der Waals surface area contributed by atoms with E-state index >= 15 is 0 Å². The van der Waals surface area contributed by atoms with Crippen LogP contribution in [0.5, 0.6) is 0 Å². The van der Waals surface area contributed by atoms with Gasteiger partial charge in [-0.2, -0.15) is 0 Å². The second-order valence-electron chi connectivity index (χ2n) is 5.63. The lowest BCUT2D eigenvalue weighted by Crippen LogP contribution is -2.59. The molecule has 0 aromatic carbocycles. The fourth-order valence-corrected chi connectivity index (χ4v) is 2.93. The molecule has 1 aliphatic heterocycles. The van der Waals surface area contributed by atoms with Gasteiger partial charge in [0.05, 0.1) is 12.7 Å². The molecule has 1 aliphatic carbocycles. The first-order chi connectivity index (χ1) is 6.59. The minimum absolute atomic E-state index is 0.310. The van der Waals surface area contributed by atoms with E-state index in [0.717, 1.165) is 13.2 Å². The third kappa shape index (κ3) is 1.96. The maximum Gasteiger partial charge on any atom is 0.0731 e. The third-order valence-electron chi connectivity index (χ3n) is 3.59. The minimum Gasteiger partial charge on any atom is -0.375 e. The normalized spacial score (nSPS) is 35.4. The van der Waals surface area contributed by atoms with Crippen molar-refractivity contribution in [1.82, 2.24) is 4.90 Å². The highest BCUT2D eigenvalue weighted by Crippen LogP contribution is 2.32. The van der Waals surface area contributed by atoms with E-state index in [1.807, 2.05) is 0 Å². The van der Waals surface area contributed by atoms with Gasteiger partial charge in [-0.05, 0) is 33.6 Å². The molecule has 2 aliphatic rings. The van der Waals surface area contributed by atoms with Gasteiger partial charge in [-0.15, -0.1) is 0 Å². The van der Waals surface area contributed by atoms with E-state index in [0.29, 0.717) is 17.7 Å². The number of rotatable bonds is 0. The lowest BCUT2D eigenvalue weighted by Gasteiger charge is -2.49. The van der Waals surface area contributed by atoms with E-state index in [-0.39, 0.29) is 0 Å². The predicted octanol–water partition coefficient (Wildman–Crippen LogP) is 2.43. The van der Waals surface area contributed by atoms with Crippen molar-refractivity contribution in [2.45, 2.75) is 64.1 Å². The molecule has 14 heavy (non-hydrogen) atoms. The van der Waals surface area contributed by atoms with Gasteiger partial charge in [-0.3, -0.25) is 4.90 Å². The highest BCUT2D eigenvalue weighted by molar-refractivity contribution is 4.92. The van der Waals surface area contributed by atoms with E-state index in [1.165, 1.54) is 25.7 Å². The van der Waals surface area contributed by atoms with Crippen LogP contribution in [0.3, 0.4) is 0 Å². The Morgan fingerprint density at radius 2 is 1.86 bits per heavy atom. The van der Waals surface area contributed by atoms with Gasteiger partial charge in [0.2, 0.25) is 0 Å². The van der Waals surface area contributed by atoms with Gasteiger partial charge in [0.1, 0.15) is 0 Å². The molecule has 0 amide bonds. The van der Waals surface area contributed by atoms with Crippen molar-refractivity contribution in [3.63, 3.8) is 0 Å². The van der Waals surface area contributed by atoms with Crippen LogP contribution >= 0.6 is 0 Å². The molecule has 82 valence electrons. The number of hydrogen-bond donors (Lipinski definition) is 0. The molecule has 2 unspecified atom stereocenters. The van der Waals surface area contributed by atoms with Gasteiger partial charge in [-0.25, -0.2) is 0 Å². The Morgan fingerprint density at radius 3 is 2.57 bits per heavy atom. The highest BCUT2D eigenvalue weighted by Gasteiger charge is 2.38. The maximum absolute atomic E-state index is 5.87. The van der Waals surface area contributed by atoms with Crippen LogP contribution in [-0.2, 0) is 4.74 Å². The zero-order valence-corrected chi connectivity index (χ0v) is 9.75. The van der Waals surface area contributed by atoms with E-state index in [9.17, 15) is 0 Å². The van der Waals surface area contributed by atoms with E-state index < -0.39 is 0 Å². The first-order valence-corrected chi connectivity index (χ1v) is 5.97. The average Bonchev–Trinajstić information content (AvgIpc) is 2.15. The van der Waals surface area contributed by atoms with Crippen molar-refractivity contribution < 1.29 is 4.74 Å². The Balaban J connectivity index is 2.09. The van der Waals surface area contributed by atoms with Gasteiger partial charge in [0.15, 0.2) is 0 Å². The molecule has 0 aromatic heterocycles. The number of ether oxygens (including phenoxy) is 1. The molecule has 2 nitrogen and oxygen atoms in total. The molecule has 0 spiro atoms. The molecule has 0 aromatic rings. The number of morpholine rings is 1. The SMILES string of the molecule is CC(C)(C)N1CCOC2CCCCC21. The van der Waals surface area contributed by atoms with Crippen LogP contribution in [0.15, 0.2) is 0 Å². The quantitative estimate of drug-likeness (QED) is 0.591. The summed E-state index contributed by atoms with van der Waals surface area (Å²) in [6.45, 7) is 9.01. The van der Waals surface area contributed by atoms with Crippen molar-refractivity contribution >= 4 is 0 Å². The van der Waals surface area contributed by atoms with Crippen molar-refractivity contribution in [2.75, 3.05) is 13.2 Å². The zero-order valence-electron chi connectivity index (χ0n) is 9.75. The van der Waals surface area contributed by atoms with Crippen molar-refractivity contribution in [1.29, 1.82) is 0 Å². The van der Waals surface area contributed by atoms with E-state index in [2.05, 4.69) is 25.7 Å². The summed E-state index contributed by atoms with van der Waals surface area (Å²) in [5.74, 6) is 0. The van der Waals surface area contributed by atoms with Crippen LogP contribution < -0.4 is 0 Å². The monoisotopic (exact) mass is 197 g/mol. The lowest BCUT2D eigenvalue weighted by atomic mass is 9.87. The summed E-state index contributed by atoms with van der Waals surface area (Å²) >= 11 is 0. The smallest absolute Gasteiger partial charge is 0.0731 e. The molecule has 1 saturated carbocycles. The number of nitrogens with zero attached hydrogens (tertiary/aromatic N) is 1. The highest BCUT2D eigenvalue weighted by atomic mass is 16.5. The number of hydrogen-bond acceptors (Lipinski definition) is 2. The second kappa shape index (κ2) is 3.82. The van der Waals surface area contributed by atoms with Crippen LogP contribution in [0.2, 0.25) is 0 Å². The number of fused-ring (bicyclic) bond motifs is 1. The van der Waals surface area contributed by atoms with Crippen LogP contribution in [0.4, 0.5) is 0 Å². The van der Waals surface area contributed by atoms with Crippen LogP contribution in [0.25, 0.3) is 0 Å². The molecule has 2 heteroatoms. The van der Waals surface area contributed by atoms with Gasteiger partial charge >= 0.3 is 0 Å². The van der Waals surface area contributed by atoms with Crippen molar-refractivity contribution in [2.24, 2.45) is 0 Å². The summed E-state index contributed by atoms with van der Waals surface area (Å²) < 4.78 is 5.87. The summed E-state index contributed by atoms with van der Waals surface area (Å²) in [5.41, 5.74) is 0.310. The standard InChI is InChI=1S/C12H23NO/c1-12(2,3)13-8-9-14-11-7-5-4-6-10(11)13/h10-11H,4-9H2,1-3H3. The van der Waals surface area contributed by atoms with Gasteiger partial charge < -0.3 is 4.74 Å². The fourth-order valence-electron chi connectivity index (χ4n) is 2.93. The molecule has 0 radical (unpaired) electrons. The third-order valence-corrected chi connectivity index (χ3v) is 3.59. The van der Waals surface area contributed by atoms with Gasteiger partial charge in [0.25, 0.3) is 0 Å². The summed E-state index contributed by atoms with van der Waals surface area (Å²) in [6, 6.07) is 0.692. The predicted molar refractivity (Wildman–Crippen MR) is 58.5 cm³/mol. The Hall–Kier alpha value is -0.0800. The Morgan fingerprint density at radius 1 is 1.14 bits per heavy atom. The Kier molecular flexibility index (Phi) is 2.85. The molecule has 0 bridgehead atoms. The van der Waals surface area contributed by atoms with Crippen molar-refractivity contribution in [3.05, 3.63) is 0 Å². The van der Waals surface area contributed by atoms with Gasteiger partial charge in [0, 0.05) is 18.1 Å². The minimum atomic E-state index is 0.310. The molecule has 1 saturated heterocycles. The van der Waals surface area contributed by atoms with Crippen molar-refractivity contribution in [3.8, 4) is 0 Å². The second-order valence-corrected chi connectivity index (χ2v) is 5.63. The Labute approximate surface area is 87.6 Å². The molecule has 2 rings (SSSR count). The van der Waals surface area contributed by atoms with Crippen LogP contribution in [-0.4, -0.2) is 35.7 Å². The molecular formula is C12H23NO. The topological polar surface area (TPSA) is 12.5 Å². The van der Waals surface area contributed by atoms with Crippen LogP contribution in [0.1, 0.15) is 46.5 Å². The summed E-state index contributed by atoms with van der Waals surface area (Å²) in [7, 11) is 0. The van der Waals surface area contributed by atoms with E-state index in [1.54, 1.807) is 0 Å². The average molecular weight is 197 g/mol. The van der Waals surface area contributed by atoms with E-state index in [4.69, 9.17) is 4.74 Å². The summed E-state index contributed by atoms with van der Waals surface area (Å²) in [6.07, 6.45) is 5.88. The van der Waals surface area contributed by atoms with Crippen LogP contribution in [0, 0.1) is 0 Å². The molecule has 0 N–H and O–H groups in total. The fraction of sp³-hybridized carbons (Fsp3) is 1.00. The molecular weight excluding hydrogens is 174 g/mol. The molecule has 2 fully saturated rings. The molecule has 2 atom stereocenters. The summed E-state index contributed by atoms with van der Waals surface area (Å²) in [5, 5.41) is 0. The first-order valence-electron chi connectivity index (χ1n) is 5.97. The Bertz CT molecular complexity index is 195. The summed E-state index contributed by atoms with van der Waals surface area (Å²) in [4.78, 5) is 2.65.